The van der Waals surface area contributed by atoms with Crippen molar-refractivity contribution in [3.8, 4) is 0 Å². The number of hydrogen-bond acceptors (Lipinski definition) is 6. The molecule has 0 saturated carbocycles. The van der Waals surface area contributed by atoms with Gasteiger partial charge >= 0.3 is 5.97 Å². The third-order valence-electron chi connectivity index (χ3n) is 5.13. The number of amides is 2. The van der Waals surface area contributed by atoms with Crippen molar-refractivity contribution >= 4 is 34.8 Å². The van der Waals surface area contributed by atoms with Crippen LogP contribution in [0.1, 0.15) is 37.7 Å². The molecule has 8 heteroatoms. The number of thiophene rings is 1. The minimum atomic E-state index is -0.447. The number of esters is 1. The lowest BCUT2D eigenvalue weighted by atomic mass is 9.96. The predicted octanol–water partition coefficient (Wildman–Crippen LogP) is 2.53. The van der Waals surface area contributed by atoms with Gasteiger partial charge in [0.15, 0.2) is 0 Å². The van der Waals surface area contributed by atoms with Crippen LogP contribution in [-0.4, -0.2) is 49.4 Å². The molecule has 0 radical (unpaired) electrons. The average molecular weight is 416 g/mol. The molecule has 0 bridgehead atoms. The van der Waals surface area contributed by atoms with Crippen LogP contribution in [0.4, 0.5) is 5.69 Å². The lowest BCUT2D eigenvalue weighted by molar-refractivity contribution is -0.123. The average Bonchev–Trinajstić information content (AvgIpc) is 3.23. The molecule has 29 heavy (non-hydrogen) atoms. The summed E-state index contributed by atoms with van der Waals surface area (Å²) in [5.74, 6) is -0.875. The van der Waals surface area contributed by atoms with E-state index in [2.05, 4.69) is 15.0 Å². The minimum absolute atomic E-state index is 0.0150. The Bertz CT molecular complexity index is 870. The number of piperidine rings is 1. The summed E-state index contributed by atoms with van der Waals surface area (Å²) in [5, 5.41) is 2.84. The number of ether oxygens (including phenoxy) is 1. The first-order valence-corrected chi connectivity index (χ1v) is 10.4. The summed E-state index contributed by atoms with van der Waals surface area (Å²) in [6.45, 7) is 2.73. The van der Waals surface area contributed by atoms with E-state index in [-0.39, 0.29) is 17.7 Å². The number of likely N-dealkylation sites (tertiary alicyclic amines) is 1. The van der Waals surface area contributed by atoms with Gasteiger partial charge in [0.2, 0.25) is 5.91 Å². The molecular formula is C21H25N3O4S. The van der Waals surface area contributed by atoms with E-state index in [1.54, 1.807) is 12.1 Å². The maximum atomic E-state index is 12.3. The van der Waals surface area contributed by atoms with Gasteiger partial charge in [0.1, 0.15) is 4.88 Å². The first kappa shape index (κ1) is 21.0. The van der Waals surface area contributed by atoms with Crippen LogP contribution in [0.15, 0.2) is 36.4 Å². The van der Waals surface area contributed by atoms with Crippen LogP contribution in [0, 0.1) is 5.92 Å². The number of hydrogen-bond donors (Lipinski definition) is 2. The van der Waals surface area contributed by atoms with Crippen LogP contribution in [0.2, 0.25) is 0 Å². The smallest absolute Gasteiger partial charge is 0.348 e. The lowest BCUT2D eigenvalue weighted by Gasteiger charge is -2.30. The van der Waals surface area contributed by atoms with Gasteiger partial charge in [-0.3, -0.25) is 9.59 Å². The Balaban J connectivity index is 1.47. The number of carbonyl (C=O) groups is 3. The minimum Gasteiger partial charge on any atom is -0.465 e. The highest BCUT2D eigenvalue weighted by Crippen LogP contribution is 2.20. The van der Waals surface area contributed by atoms with Crippen LogP contribution in [0.25, 0.3) is 0 Å². The van der Waals surface area contributed by atoms with Crippen LogP contribution < -0.4 is 11.1 Å². The maximum absolute atomic E-state index is 12.3. The van der Waals surface area contributed by atoms with Crippen molar-refractivity contribution in [2.45, 2.75) is 19.3 Å². The summed E-state index contributed by atoms with van der Waals surface area (Å²) in [5.41, 5.74) is 7.26. The second kappa shape index (κ2) is 9.67. The Hall–Kier alpha value is -2.71. The highest BCUT2D eigenvalue weighted by molar-refractivity contribution is 7.16. The normalized spacial score (nSPS) is 15.1. The second-order valence-corrected chi connectivity index (χ2v) is 8.16. The third kappa shape index (κ3) is 5.65. The van der Waals surface area contributed by atoms with Gasteiger partial charge in [-0.05, 0) is 62.2 Å². The summed E-state index contributed by atoms with van der Waals surface area (Å²) in [6.07, 6.45) is 2.57. The SMILES string of the molecule is COC(=O)c1ccc(C(=O)Nc2ccc(CCN3CCC(C(N)=O)CC3)cc2)s1. The van der Waals surface area contributed by atoms with Gasteiger partial charge < -0.3 is 20.7 Å². The van der Waals surface area contributed by atoms with Crippen molar-refractivity contribution in [2.24, 2.45) is 11.7 Å². The Morgan fingerprint density at radius 1 is 1.10 bits per heavy atom. The monoisotopic (exact) mass is 415 g/mol. The molecule has 1 saturated heterocycles. The van der Waals surface area contributed by atoms with Crippen LogP contribution in [0.5, 0.6) is 0 Å². The molecule has 3 N–H and O–H groups in total. The highest BCUT2D eigenvalue weighted by Gasteiger charge is 2.22. The van der Waals surface area contributed by atoms with E-state index in [1.807, 2.05) is 24.3 Å². The molecule has 1 aromatic heterocycles. The number of primary amides is 1. The first-order chi connectivity index (χ1) is 14.0. The molecule has 1 aliphatic rings. The molecule has 7 nitrogen and oxygen atoms in total. The van der Waals surface area contributed by atoms with Crippen molar-refractivity contribution in [3.05, 3.63) is 51.7 Å². The van der Waals surface area contributed by atoms with Gasteiger partial charge in [0, 0.05) is 18.2 Å². The molecule has 0 spiro atoms. The zero-order valence-electron chi connectivity index (χ0n) is 16.3. The van der Waals surface area contributed by atoms with Gasteiger partial charge in [0.05, 0.1) is 12.0 Å². The first-order valence-electron chi connectivity index (χ1n) is 9.56. The Morgan fingerprint density at radius 2 is 1.76 bits per heavy atom. The van der Waals surface area contributed by atoms with E-state index in [9.17, 15) is 14.4 Å². The number of anilines is 1. The van der Waals surface area contributed by atoms with Gasteiger partial charge in [-0.25, -0.2) is 4.79 Å². The molecule has 2 amide bonds. The van der Waals surface area contributed by atoms with E-state index >= 15 is 0 Å². The number of rotatable bonds is 7. The van der Waals surface area contributed by atoms with Gasteiger partial charge in [-0.1, -0.05) is 12.1 Å². The van der Waals surface area contributed by atoms with E-state index in [0.29, 0.717) is 15.4 Å². The number of nitrogens with zero attached hydrogens (tertiary/aromatic N) is 1. The summed E-state index contributed by atoms with van der Waals surface area (Å²) >= 11 is 1.10. The zero-order chi connectivity index (χ0) is 20.8. The molecular weight excluding hydrogens is 390 g/mol. The van der Waals surface area contributed by atoms with Crippen LogP contribution in [-0.2, 0) is 16.0 Å². The zero-order valence-corrected chi connectivity index (χ0v) is 17.2. The van der Waals surface area contributed by atoms with Gasteiger partial charge in [0.25, 0.3) is 5.91 Å². The van der Waals surface area contributed by atoms with Crippen LogP contribution in [0.3, 0.4) is 0 Å². The Morgan fingerprint density at radius 3 is 2.38 bits per heavy atom. The van der Waals surface area contributed by atoms with E-state index in [4.69, 9.17) is 5.73 Å². The van der Waals surface area contributed by atoms with E-state index in [0.717, 1.165) is 50.2 Å². The maximum Gasteiger partial charge on any atom is 0.348 e. The fourth-order valence-electron chi connectivity index (χ4n) is 3.35. The fraction of sp³-hybridized carbons (Fsp3) is 0.381. The largest absolute Gasteiger partial charge is 0.465 e. The quantitative estimate of drug-likeness (QED) is 0.677. The number of nitrogens with one attached hydrogen (secondary N) is 1. The second-order valence-electron chi connectivity index (χ2n) is 7.07. The predicted molar refractivity (Wildman–Crippen MR) is 112 cm³/mol. The van der Waals surface area contributed by atoms with Gasteiger partial charge in [-0.15, -0.1) is 11.3 Å². The molecule has 0 aliphatic carbocycles. The topological polar surface area (TPSA) is 102 Å². The van der Waals surface area contributed by atoms with Crippen molar-refractivity contribution in [3.63, 3.8) is 0 Å². The standard InChI is InChI=1S/C21H25N3O4S/c1-28-21(27)18-7-6-17(29-18)20(26)23-16-4-2-14(3-5-16)8-11-24-12-9-15(10-13-24)19(22)25/h2-7,15H,8-13H2,1H3,(H2,22,25)(H,23,26). The Labute approximate surface area is 173 Å². The molecule has 1 aromatic carbocycles. The fourth-order valence-corrected chi connectivity index (χ4v) is 4.17. The van der Waals surface area contributed by atoms with Gasteiger partial charge in [-0.2, -0.15) is 0 Å². The molecule has 2 heterocycles. The summed E-state index contributed by atoms with van der Waals surface area (Å²) in [4.78, 5) is 38.3. The molecule has 1 fully saturated rings. The number of carbonyl (C=O) groups excluding carboxylic acids is 3. The number of nitrogens with two attached hydrogens (primary N) is 1. The van der Waals surface area contributed by atoms with Crippen molar-refractivity contribution < 1.29 is 19.1 Å². The molecule has 2 aromatic rings. The highest BCUT2D eigenvalue weighted by atomic mass is 32.1. The molecule has 0 atom stereocenters. The molecule has 3 rings (SSSR count). The number of benzene rings is 1. The van der Waals surface area contributed by atoms with E-state index < -0.39 is 5.97 Å². The van der Waals surface area contributed by atoms with Crippen molar-refractivity contribution in [1.82, 2.24) is 4.90 Å². The number of methoxy groups -OCH3 is 1. The van der Waals surface area contributed by atoms with Crippen LogP contribution >= 0.6 is 11.3 Å². The van der Waals surface area contributed by atoms with Crippen molar-refractivity contribution in [1.29, 1.82) is 0 Å². The molecule has 154 valence electrons. The summed E-state index contributed by atoms with van der Waals surface area (Å²) < 4.78 is 4.66. The Kier molecular flexibility index (Phi) is 7.00. The molecule has 1 aliphatic heterocycles. The van der Waals surface area contributed by atoms with Crippen molar-refractivity contribution in [2.75, 3.05) is 32.1 Å². The third-order valence-corrected chi connectivity index (χ3v) is 6.20. The lowest BCUT2D eigenvalue weighted by Crippen LogP contribution is -2.39. The molecule has 0 unspecified atom stereocenters. The van der Waals surface area contributed by atoms with E-state index in [1.165, 1.54) is 12.7 Å². The summed E-state index contributed by atoms with van der Waals surface area (Å²) in [7, 11) is 1.31. The summed E-state index contributed by atoms with van der Waals surface area (Å²) in [6, 6.07) is 11.0.